The smallest absolute Gasteiger partial charge is 0.331 e. The Kier molecular flexibility index (Phi) is 6.87. The van der Waals surface area contributed by atoms with E-state index in [9.17, 15) is 9.59 Å². The molecule has 0 heterocycles. The van der Waals surface area contributed by atoms with Crippen LogP contribution in [0.15, 0.2) is 35.9 Å². The van der Waals surface area contributed by atoms with Crippen LogP contribution in [0.1, 0.15) is 37.6 Å². The van der Waals surface area contributed by atoms with Gasteiger partial charge in [-0.1, -0.05) is 38.5 Å². The standard InChI is InChI=1S/C16H20INO3/c1-4-10(2)14(9-11(3)16(20)21)18-15(19)12-7-5-6-8-13(12)17/h5-10,14H,4H2,1-3H3,(H,18,19)(H,20,21)/t10-,14+/m0/s1. The van der Waals surface area contributed by atoms with E-state index in [1.54, 1.807) is 12.1 Å². The Balaban J connectivity index is 2.97. The fourth-order valence-electron chi connectivity index (χ4n) is 1.82. The van der Waals surface area contributed by atoms with Gasteiger partial charge >= 0.3 is 5.97 Å². The number of hydrogen-bond donors (Lipinski definition) is 2. The van der Waals surface area contributed by atoms with Gasteiger partial charge in [-0.3, -0.25) is 4.79 Å². The van der Waals surface area contributed by atoms with Gasteiger partial charge in [-0.2, -0.15) is 0 Å². The third-order valence-electron chi connectivity index (χ3n) is 3.44. The highest BCUT2D eigenvalue weighted by Gasteiger charge is 2.19. The Bertz CT molecular complexity index is 554. The van der Waals surface area contributed by atoms with Gasteiger partial charge in [0.2, 0.25) is 0 Å². The van der Waals surface area contributed by atoms with Crippen molar-refractivity contribution in [2.24, 2.45) is 5.92 Å². The second kappa shape index (κ2) is 8.17. The number of hydrogen-bond acceptors (Lipinski definition) is 2. The molecule has 0 aliphatic heterocycles. The summed E-state index contributed by atoms with van der Waals surface area (Å²) >= 11 is 2.11. The molecular formula is C16H20INO3. The number of rotatable bonds is 6. The van der Waals surface area contributed by atoms with Gasteiger partial charge in [0.1, 0.15) is 0 Å². The number of amides is 1. The van der Waals surface area contributed by atoms with Crippen molar-refractivity contribution in [2.75, 3.05) is 0 Å². The zero-order chi connectivity index (χ0) is 16.0. The second-order valence-corrected chi connectivity index (χ2v) is 6.18. The Morgan fingerprint density at radius 3 is 2.52 bits per heavy atom. The van der Waals surface area contributed by atoms with Crippen LogP contribution in [0, 0.1) is 9.49 Å². The van der Waals surface area contributed by atoms with E-state index in [0.29, 0.717) is 5.56 Å². The molecule has 0 saturated heterocycles. The number of carboxylic acid groups (broad SMARTS) is 1. The van der Waals surface area contributed by atoms with Crippen molar-refractivity contribution < 1.29 is 14.7 Å². The fourth-order valence-corrected chi connectivity index (χ4v) is 2.45. The third kappa shape index (κ3) is 5.15. The van der Waals surface area contributed by atoms with Gasteiger partial charge in [0.05, 0.1) is 11.6 Å². The summed E-state index contributed by atoms with van der Waals surface area (Å²) in [4.78, 5) is 23.3. The van der Waals surface area contributed by atoms with Crippen molar-refractivity contribution >= 4 is 34.5 Å². The number of halogens is 1. The first-order valence-electron chi connectivity index (χ1n) is 6.83. The van der Waals surface area contributed by atoms with Crippen molar-refractivity contribution in [3.05, 3.63) is 45.0 Å². The average molecular weight is 401 g/mol. The summed E-state index contributed by atoms with van der Waals surface area (Å²) in [5.41, 5.74) is 0.844. The van der Waals surface area contributed by atoms with Gasteiger partial charge in [0, 0.05) is 9.14 Å². The van der Waals surface area contributed by atoms with Crippen molar-refractivity contribution in [1.82, 2.24) is 5.32 Å². The number of carboxylic acids is 1. The highest BCUT2D eigenvalue weighted by Crippen LogP contribution is 2.15. The zero-order valence-electron chi connectivity index (χ0n) is 12.4. The van der Waals surface area contributed by atoms with Crippen LogP contribution in [0.2, 0.25) is 0 Å². The lowest BCUT2D eigenvalue weighted by Gasteiger charge is -2.22. The van der Waals surface area contributed by atoms with E-state index in [4.69, 9.17) is 5.11 Å². The molecule has 2 N–H and O–H groups in total. The SMILES string of the molecule is CC[C@H](C)[C@@H](C=C(C)C(=O)O)NC(=O)c1ccccc1I. The first kappa shape index (κ1) is 17.7. The molecule has 2 atom stereocenters. The Morgan fingerprint density at radius 1 is 1.38 bits per heavy atom. The number of carbonyl (C=O) groups excluding carboxylic acids is 1. The Morgan fingerprint density at radius 2 is 2.00 bits per heavy atom. The van der Waals surface area contributed by atoms with Gasteiger partial charge in [0.25, 0.3) is 5.91 Å². The lowest BCUT2D eigenvalue weighted by molar-refractivity contribution is -0.132. The van der Waals surface area contributed by atoms with E-state index in [1.165, 1.54) is 6.92 Å². The van der Waals surface area contributed by atoms with Gasteiger partial charge in [-0.05, 0) is 47.6 Å². The second-order valence-electron chi connectivity index (χ2n) is 5.02. The van der Waals surface area contributed by atoms with Crippen LogP contribution in [0.4, 0.5) is 0 Å². The molecule has 1 amide bonds. The fraction of sp³-hybridized carbons (Fsp3) is 0.375. The molecule has 1 aromatic rings. The topological polar surface area (TPSA) is 66.4 Å². The lowest BCUT2D eigenvalue weighted by atomic mass is 9.96. The van der Waals surface area contributed by atoms with Gasteiger partial charge < -0.3 is 10.4 Å². The molecule has 114 valence electrons. The summed E-state index contributed by atoms with van der Waals surface area (Å²) in [6.45, 7) is 5.54. The van der Waals surface area contributed by atoms with Crippen LogP contribution < -0.4 is 5.32 Å². The minimum atomic E-state index is -0.966. The molecule has 1 aromatic carbocycles. The summed E-state index contributed by atoms with van der Waals surface area (Å²) in [5, 5.41) is 11.9. The first-order chi connectivity index (χ1) is 9.86. The van der Waals surface area contributed by atoms with Crippen molar-refractivity contribution in [1.29, 1.82) is 0 Å². The molecule has 5 heteroatoms. The highest BCUT2D eigenvalue weighted by atomic mass is 127. The van der Waals surface area contributed by atoms with Crippen molar-refractivity contribution in [2.45, 2.75) is 33.2 Å². The molecule has 0 spiro atoms. The molecule has 0 aromatic heterocycles. The summed E-state index contributed by atoms with van der Waals surface area (Å²) in [7, 11) is 0. The molecule has 0 unspecified atom stereocenters. The van der Waals surface area contributed by atoms with Crippen LogP contribution in [0.5, 0.6) is 0 Å². The van der Waals surface area contributed by atoms with Gasteiger partial charge in [0.15, 0.2) is 0 Å². The molecule has 0 aliphatic carbocycles. The largest absolute Gasteiger partial charge is 0.478 e. The Hall–Kier alpha value is -1.37. The normalized spacial score (nSPS) is 14.4. The highest BCUT2D eigenvalue weighted by molar-refractivity contribution is 14.1. The third-order valence-corrected chi connectivity index (χ3v) is 4.38. The van der Waals surface area contributed by atoms with Crippen molar-refractivity contribution in [3.63, 3.8) is 0 Å². The summed E-state index contributed by atoms with van der Waals surface area (Å²) in [5.74, 6) is -0.990. The van der Waals surface area contributed by atoms with E-state index in [0.717, 1.165) is 9.99 Å². The van der Waals surface area contributed by atoms with Crippen LogP contribution in [0.25, 0.3) is 0 Å². The monoisotopic (exact) mass is 401 g/mol. The van der Waals surface area contributed by atoms with E-state index >= 15 is 0 Å². The van der Waals surface area contributed by atoms with Crippen LogP contribution in [-0.4, -0.2) is 23.0 Å². The van der Waals surface area contributed by atoms with Crippen LogP contribution in [0.3, 0.4) is 0 Å². The predicted octanol–water partition coefficient (Wildman–Crippen LogP) is 3.47. The molecule has 1 rings (SSSR count). The molecule has 0 radical (unpaired) electrons. The molecule has 21 heavy (non-hydrogen) atoms. The zero-order valence-corrected chi connectivity index (χ0v) is 14.5. The number of benzene rings is 1. The van der Waals surface area contributed by atoms with Crippen LogP contribution >= 0.6 is 22.6 Å². The Labute approximate surface area is 138 Å². The molecule has 0 fully saturated rings. The summed E-state index contributed by atoms with van der Waals surface area (Å²) < 4.78 is 0.870. The average Bonchev–Trinajstić information content (AvgIpc) is 2.45. The quantitative estimate of drug-likeness (QED) is 0.567. The van der Waals surface area contributed by atoms with Crippen molar-refractivity contribution in [3.8, 4) is 0 Å². The molecule has 0 saturated carbocycles. The maximum atomic E-state index is 12.4. The minimum absolute atomic E-state index is 0.157. The van der Waals surface area contributed by atoms with E-state index in [1.807, 2.05) is 32.0 Å². The maximum Gasteiger partial charge on any atom is 0.331 e. The molecule has 0 bridgehead atoms. The summed E-state index contributed by atoms with van der Waals surface area (Å²) in [6.07, 6.45) is 2.46. The van der Waals surface area contributed by atoms with Gasteiger partial charge in [-0.25, -0.2) is 4.79 Å². The first-order valence-corrected chi connectivity index (χ1v) is 7.91. The number of aliphatic carboxylic acids is 1. The molecule has 4 nitrogen and oxygen atoms in total. The minimum Gasteiger partial charge on any atom is -0.478 e. The van der Waals surface area contributed by atoms with Gasteiger partial charge in [-0.15, -0.1) is 0 Å². The number of carbonyl (C=O) groups is 2. The predicted molar refractivity (Wildman–Crippen MR) is 91.3 cm³/mol. The number of nitrogens with one attached hydrogen (secondary N) is 1. The molecular weight excluding hydrogens is 381 g/mol. The lowest BCUT2D eigenvalue weighted by Crippen LogP contribution is -2.38. The van der Waals surface area contributed by atoms with E-state index in [-0.39, 0.29) is 23.4 Å². The molecule has 0 aliphatic rings. The van der Waals surface area contributed by atoms with E-state index < -0.39 is 5.97 Å². The van der Waals surface area contributed by atoms with E-state index in [2.05, 4.69) is 27.9 Å². The maximum absolute atomic E-state index is 12.4. The summed E-state index contributed by atoms with van der Waals surface area (Å²) in [6, 6.07) is 7.02. The van der Waals surface area contributed by atoms with Crippen LogP contribution in [-0.2, 0) is 4.79 Å².